The molecule has 176 valence electrons. The topological polar surface area (TPSA) is 80.3 Å². The summed E-state index contributed by atoms with van der Waals surface area (Å²) in [4.78, 5) is 30.1. The minimum atomic E-state index is -0.219. The number of carbonyl (C=O) groups is 2. The van der Waals surface area contributed by atoms with Crippen molar-refractivity contribution in [3.05, 3.63) is 95.9 Å². The molecule has 0 aliphatic rings. The molecule has 0 unspecified atom stereocenters. The van der Waals surface area contributed by atoms with Gasteiger partial charge in [-0.15, -0.1) is 23.1 Å². The lowest BCUT2D eigenvalue weighted by Crippen LogP contribution is -2.13. The first kappa shape index (κ1) is 24.3. The number of thioether (sulfide) groups is 1. The van der Waals surface area contributed by atoms with Gasteiger partial charge in [-0.25, -0.2) is 4.98 Å². The fourth-order valence-corrected chi connectivity index (χ4v) is 4.68. The molecule has 4 aromatic rings. The molecular weight excluding hydrogens is 478 g/mol. The molecule has 0 spiro atoms. The summed E-state index contributed by atoms with van der Waals surface area (Å²) in [5.41, 5.74) is 3.24. The van der Waals surface area contributed by atoms with Crippen molar-refractivity contribution in [1.29, 1.82) is 0 Å². The van der Waals surface area contributed by atoms with Crippen LogP contribution in [0.15, 0.2) is 95.2 Å². The SMILES string of the molecule is COc1ccccc1-c1csc(NC(=O)CSc2cccc(NC(=O)/C=C/c3ccccc3)c2)n1. The van der Waals surface area contributed by atoms with Crippen LogP contribution in [0.25, 0.3) is 17.3 Å². The van der Waals surface area contributed by atoms with E-state index < -0.39 is 0 Å². The molecule has 0 saturated heterocycles. The summed E-state index contributed by atoms with van der Waals surface area (Å²) in [6.45, 7) is 0. The van der Waals surface area contributed by atoms with E-state index in [1.165, 1.54) is 29.2 Å². The van der Waals surface area contributed by atoms with E-state index in [0.29, 0.717) is 10.8 Å². The quantitative estimate of drug-likeness (QED) is 0.211. The number of carbonyl (C=O) groups excluding carboxylic acids is 2. The van der Waals surface area contributed by atoms with Crippen LogP contribution in [0.4, 0.5) is 10.8 Å². The fourth-order valence-electron chi connectivity index (χ4n) is 3.20. The number of hydrogen-bond acceptors (Lipinski definition) is 6. The molecule has 0 atom stereocenters. The fraction of sp³-hybridized carbons (Fsp3) is 0.0741. The van der Waals surface area contributed by atoms with Gasteiger partial charge in [0, 0.05) is 27.6 Å². The van der Waals surface area contributed by atoms with Crippen molar-refractivity contribution < 1.29 is 14.3 Å². The second-order valence-corrected chi connectivity index (χ2v) is 9.24. The number of anilines is 2. The third-order valence-corrected chi connectivity index (χ3v) is 6.58. The second-order valence-electron chi connectivity index (χ2n) is 7.34. The van der Waals surface area contributed by atoms with Crippen LogP contribution in [0.5, 0.6) is 5.75 Å². The number of thiazole rings is 1. The number of methoxy groups -OCH3 is 1. The molecule has 3 aromatic carbocycles. The number of para-hydroxylation sites is 1. The standard InChI is InChI=1S/C27H23N3O3S2/c1-33-24-13-6-5-12-22(24)23-17-35-27(29-23)30-26(32)18-34-21-11-7-10-20(16-21)28-25(31)15-14-19-8-3-2-4-9-19/h2-17H,18H2,1H3,(H,28,31)(H,29,30,32)/b15-14+. The maximum absolute atomic E-state index is 12.5. The average Bonchev–Trinajstić information content (AvgIpc) is 3.35. The summed E-state index contributed by atoms with van der Waals surface area (Å²) < 4.78 is 5.39. The normalized spacial score (nSPS) is 10.8. The van der Waals surface area contributed by atoms with Crippen molar-refractivity contribution in [1.82, 2.24) is 4.98 Å². The Morgan fingerprint density at radius 3 is 2.63 bits per heavy atom. The van der Waals surface area contributed by atoms with Crippen LogP contribution in [-0.2, 0) is 9.59 Å². The van der Waals surface area contributed by atoms with Crippen LogP contribution in [0.2, 0.25) is 0 Å². The Kier molecular flexibility index (Phi) is 8.32. The Balaban J connectivity index is 1.29. The van der Waals surface area contributed by atoms with Crippen LogP contribution >= 0.6 is 23.1 Å². The van der Waals surface area contributed by atoms with E-state index in [1.807, 2.05) is 84.2 Å². The Labute approximate surface area is 212 Å². The van der Waals surface area contributed by atoms with Gasteiger partial charge in [-0.3, -0.25) is 9.59 Å². The Hall–Kier alpha value is -3.88. The lowest BCUT2D eigenvalue weighted by molar-refractivity contribution is -0.114. The predicted molar refractivity (Wildman–Crippen MR) is 144 cm³/mol. The highest BCUT2D eigenvalue weighted by Gasteiger charge is 2.12. The summed E-state index contributed by atoms with van der Waals surface area (Å²) in [7, 11) is 1.62. The zero-order chi connectivity index (χ0) is 24.5. The molecule has 8 heteroatoms. The van der Waals surface area contributed by atoms with E-state index in [1.54, 1.807) is 13.2 Å². The van der Waals surface area contributed by atoms with Crippen molar-refractivity contribution >= 4 is 51.8 Å². The zero-order valence-corrected chi connectivity index (χ0v) is 20.6. The van der Waals surface area contributed by atoms with Crippen LogP contribution in [-0.4, -0.2) is 29.7 Å². The van der Waals surface area contributed by atoms with E-state index in [0.717, 1.165) is 27.5 Å². The van der Waals surface area contributed by atoms with Crippen LogP contribution in [0.3, 0.4) is 0 Å². The van der Waals surface area contributed by atoms with Gasteiger partial charge >= 0.3 is 0 Å². The van der Waals surface area contributed by atoms with Gasteiger partial charge in [0.2, 0.25) is 11.8 Å². The molecule has 6 nitrogen and oxygen atoms in total. The highest BCUT2D eigenvalue weighted by Crippen LogP contribution is 2.32. The third kappa shape index (κ3) is 7.05. The Morgan fingerprint density at radius 1 is 1.00 bits per heavy atom. The molecule has 1 heterocycles. The van der Waals surface area contributed by atoms with Crippen molar-refractivity contribution in [3.8, 4) is 17.0 Å². The lowest BCUT2D eigenvalue weighted by atomic mass is 10.1. The number of benzene rings is 3. The average molecular weight is 502 g/mol. The summed E-state index contributed by atoms with van der Waals surface area (Å²) in [6, 6.07) is 24.6. The molecule has 0 aliphatic heterocycles. The van der Waals surface area contributed by atoms with E-state index in [2.05, 4.69) is 15.6 Å². The van der Waals surface area contributed by atoms with Gasteiger partial charge in [0.1, 0.15) is 5.75 Å². The van der Waals surface area contributed by atoms with Crippen LogP contribution in [0.1, 0.15) is 5.56 Å². The number of nitrogens with zero attached hydrogens (tertiary/aromatic N) is 1. The van der Waals surface area contributed by atoms with E-state index >= 15 is 0 Å². The minimum Gasteiger partial charge on any atom is -0.496 e. The minimum absolute atomic E-state index is 0.156. The largest absolute Gasteiger partial charge is 0.496 e. The third-order valence-electron chi connectivity index (χ3n) is 4.83. The number of nitrogens with one attached hydrogen (secondary N) is 2. The number of hydrogen-bond donors (Lipinski definition) is 2. The molecule has 4 rings (SSSR count). The molecule has 2 N–H and O–H groups in total. The second kappa shape index (κ2) is 12.0. The van der Waals surface area contributed by atoms with Gasteiger partial charge in [-0.2, -0.15) is 0 Å². The summed E-state index contributed by atoms with van der Waals surface area (Å²) in [5, 5.41) is 8.11. The molecule has 0 fully saturated rings. The van der Waals surface area contributed by atoms with E-state index in [9.17, 15) is 9.59 Å². The molecule has 1 aromatic heterocycles. The molecule has 0 bridgehead atoms. The lowest BCUT2D eigenvalue weighted by Gasteiger charge is -2.06. The highest BCUT2D eigenvalue weighted by molar-refractivity contribution is 8.00. The maximum atomic E-state index is 12.5. The van der Waals surface area contributed by atoms with Gasteiger partial charge in [-0.1, -0.05) is 48.5 Å². The van der Waals surface area contributed by atoms with Gasteiger partial charge < -0.3 is 15.4 Å². The van der Waals surface area contributed by atoms with Gasteiger partial charge in [0.05, 0.1) is 18.6 Å². The molecular formula is C27H23N3O3S2. The Bertz CT molecular complexity index is 1340. The van der Waals surface area contributed by atoms with Crippen molar-refractivity contribution in [2.24, 2.45) is 0 Å². The summed E-state index contributed by atoms with van der Waals surface area (Å²) >= 11 is 2.75. The van der Waals surface area contributed by atoms with Crippen molar-refractivity contribution in [2.75, 3.05) is 23.5 Å². The zero-order valence-electron chi connectivity index (χ0n) is 18.9. The number of amides is 2. The maximum Gasteiger partial charge on any atom is 0.248 e. The van der Waals surface area contributed by atoms with Crippen LogP contribution < -0.4 is 15.4 Å². The molecule has 0 saturated carbocycles. The molecule has 0 radical (unpaired) electrons. The number of aromatic nitrogens is 1. The summed E-state index contributed by atoms with van der Waals surface area (Å²) in [6.07, 6.45) is 3.26. The Morgan fingerprint density at radius 2 is 1.80 bits per heavy atom. The monoisotopic (exact) mass is 501 g/mol. The highest BCUT2D eigenvalue weighted by atomic mass is 32.2. The predicted octanol–water partition coefficient (Wildman–Crippen LogP) is 6.20. The van der Waals surface area contributed by atoms with Gasteiger partial charge in [0.25, 0.3) is 0 Å². The smallest absolute Gasteiger partial charge is 0.248 e. The van der Waals surface area contributed by atoms with Gasteiger partial charge in [0.15, 0.2) is 5.13 Å². The van der Waals surface area contributed by atoms with Crippen molar-refractivity contribution in [2.45, 2.75) is 4.90 Å². The van der Waals surface area contributed by atoms with E-state index in [-0.39, 0.29) is 17.6 Å². The number of rotatable bonds is 9. The van der Waals surface area contributed by atoms with E-state index in [4.69, 9.17) is 4.74 Å². The van der Waals surface area contributed by atoms with Crippen LogP contribution in [0, 0.1) is 0 Å². The number of ether oxygens (including phenoxy) is 1. The molecule has 2 amide bonds. The first-order valence-electron chi connectivity index (χ1n) is 10.8. The molecule has 35 heavy (non-hydrogen) atoms. The first-order chi connectivity index (χ1) is 17.1. The molecule has 0 aliphatic carbocycles. The van der Waals surface area contributed by atoms with Crippen molar-refractivity contribution in [3.63, 3.8) is 0 Å². The summed E-state index contributed by atoms with van der Waals surface area (Å²) in [5.74, 6) is 0.572. The first-order valence-corrected chi connectivity index (χ1v) is 12.6. The van der Waals surface area contributed by atoms with Gasteiger partial charge in [-0.05, 0) is 42.0 Å².